The van der Waals surface area contributed by atoms with Crippen LogP contribution < -0.4 is 15.8 Å². The first-order valence-corrected chi connectivity index (χ1v) is 12.3. The van der Waals surface area contributed by atoms with E-state index in [2.05, 4.69) is 4.98 Å². The molecule has 1 heterocycles. The lowest BCUT2D eigenvalue weighted by molar-refractivity contribution is 0.227. The minimum atomic E-state index is -2.60. The topological polar surface area (TPSA) is 65.2 Å². The molecule has 2 aromatic carbocycles. The lowest BCUT2D eigenvalue weighted by atomic mass is 10.1. The van der Waals surface area contributed by atoms with Gasteiger partial charge in [0.15, 0.2) is 11.6 Å². The molecule has 1 atom stereocenters. The molecule has 0 aliphatic carbocycles. The molecule has 3 aromatic rings. The number of rotatable bonds is 5. The Kier molecular flexibility index (Phi) is 6.42. The van der Waals surface area contributed by atoms with Crippen molar-refractivity contribution in [2.24, 2.45) is 0 Å². The smallest absolute Gasteiger partial charge is 0.166 e. The van der Waals surface area contributed by atoms with Crippen LogP contribution in [0.15, 0.2) is 42.6 Å². The summed E-state index contributed by atoms with van der Waals surface area (Å²) >= 11 is 12.2. The fourth-order valence-electron chi connectivity index (χ4n) is 2.93. The van der Waals surface area contributed by atoms with E-state index in [9.17, 15) is 13.3 Å². The van der Waals surface area contributed by atoms with Crippen LogP contribution in [0.2, 0.25) is 10.0 Å². The molecule has 4 nitrogen and oxygen atoms in total. The Morgan fingerprint density at radius 3 is 2.43 bits per heavy atom. The highest BCUT2D eigenvalue weighted by atomic mass is 35.5. The van der Waals surface area contributed by atoms with E-state index in [1.54, 1.807) is 26.3 Å². The summed E-state index contributed by atoms with van der Waals surface area (Å²) < 4.78 is 46.5. The molecule has 0 amide bonds. The lowest BCUT2D eigenvalue weighted by Crippen LogP contribution is -2.08. The number of benzene rings is 2. The minimum absolute atomic E-state index is 0.0675. The largest absolute Gasteiger partial charge is 0.482 e. The van der Waals surface area contributed by atoms with Gasteiger partial charge in [0.2, 0.25) is 0 Å². The Morgan fingerprint density at radius 1 is 1.10 bits per heavy atom. The van der Waals surface area contributed by atoms with Crippen molar-refractivity contribution >= 4 is 41.5 Å². The van der Waals surface area contributed by atoms with Crippen LogP contribution in [-0.2, 0) is 4.57 Å². The van der Waals surface area contributed by atoms with Gasteiger partial charge in [-0.05, 0) is 44.5 Å². The van der Waals surface area contributed by atoms with Crippen LogP contribution in [0.3, 0.4) is 0 Å². The van der Waals surface area contributed by atoms with Crippen LogP contribution in [0.25, 0.3) is 11.1 Å². The molecular weight excluding hydrogens is 452 g/mol. The predicted octanol–water partition coefficient (Wildman–Crippen LogP) is 6.30. The third-order valence-electron chi connectivity index (χ3n) is 4.56. The van der Waals surface area contributed by atoms with Crippen LogP contribution in [-0.4, -0.2) is 18.3 Å². The molecule has 3 rings (SSSR count). The summed E-state index contributed by atoms with van der Waals surface area (Å²) in [5.74, 6) is -0.940. The number of hydrogen-bond acceptors (Lipinski definition) is 4. The number of nitrogens with two attached hydrogens (primary N) is 1. The summed E-state index contributed by atoms with van der Waals surface area (Å²) in [5, 5.41) is 0.525. The summed E-state index contributed by atoms with van der Waals surface area (Å²) in [6.45, 7) is 4.78. The summed E-state index contributed by atoms with van der Waals surface area (Å²) in [7, 11) is -2.60. The van der Waals surface area contributed by atoms with Crippen LogP contribution in [0, 0.1) is 11.6 Å². The highest BCUT2D eigenvalue weighted by Gasteiger charge is 2.21. The number of hydrogen-bond donors (Lipinski definition) is 1. The second-order valence-corrected chi connectivity index (χ2v) is 11.1. The number of halogens is 4. The van der Waals surface area contributed by atoms with Gasteiger partial charge in [-0.1, -0.05) is 35.3 Å². The number of nitrogens with zero attached hydrogens (tertiary/aromatic N) is 1. The minimum Gasteiger partial charge on any atom is -0.482 e. The summed E-state index contributed by atoms with van der Waals surface area (Å²) in [6.07, 6.45) is 0.656. The van der Waals surface area contributed by atoms with Crippen LogP contribution >= 0.6 is 30.3 Å². The van der Waals surface area contributed by atoms with Crippen LogP contribution in [0.1, 0.15) is 18.6 Å². The average Bonchev–Trinajstić information content (AvgIpc) is 2.66. The Labute approximate surface area is 183 Å². The van der Waals surface area contributed by atoms with E-state index < -0.39 is 24.9 Å². The standard InChI is InChI=1S/C21H19Cl2F2N2O2P/c1-11(19-15(22)6-7-16(24)20(19)23)29-18-8-12(10-27-21(18)26)14-5-4-13(9-17(14)25)30(2,3)28/h4-11H,1-3H3,(H2,26,27). The van der Waals surface area contributed by atoms with Crippen molar-refractivity contribution in [1.82, 2.24) is 4.98 Å². The zero-order valence-electron chi connectivity index (χ0n) is 16.4. The van der Waals surface area contributed by atoms with Crippen molar-refractivity contribution in [1.29, 1.82) is 0 Å². The fourth-order valence-corrected chi connectivity index (χ4v) is 4.47. The number of pyridine rings is 1. The van der Waals surface area contributed by atoms with Gasteiger partial charge >= 0.3 is 0 Å². The molecule has 0 radical (unpaired) electrons. The van der Waals surface area contributed by atoms with Gasteiger partial charge in [0, 0.05) is 33.2 Å². The molecule has 0 fully saturated rings. The summed E-state index contributed by atoms with van der Waals surface area (Å²) in [5.41, 5.74) is 6.84. The molecule has 0 saturated carbocycles. The quantitative estimate of drug-likeness (QED) is 0.350. The Bertz CT molecular complexity index is 1170. The van der Waals surface area contributed by atoms with Gasteiger partial charge in [0.25, 0.3) is 0 Å². The van der Waals surface area contributed by atoms with Crippen molar-refractivity contribution in [3.05, 3.63) is 69.8 Å². The van der Waals surface area contributed by atoms with Gasteiger partial charge in [-0.15, -0.1) is 0 Å². The number of aromatic nitrogens is 1. The van der Waals surface area contributed by atoms with Crippen molar-refractivity contribution in [3.8, 4) is 16.9 Å². The number of ether oxygens (including phenoxy) is 1. The van der Waals surface area contributed by atoms with Gasteiger partial charge in [-0.25, -0.2) is 13.8 Å². The monoisotopic (exact) mass is 470 g/mol. The second-order valence-electron chi connectivity index (χ2n) is 7.14. The Morgan fingerprint density at radius 2 is 1.80 bits per heavy atom. The third-order valence-corrected chi connectivity index (χ3v) is 6.79. The third kappa shape index (κ3) is 4.61. The van der Waals surface area contributed by atoms with Gasteiger partial charge in [-0.3, -0.25) is 0 Å². The SMILES string of the molecule is CC(Oc1cc(-c2ccc(P(C)(C)=O)cc2F)cnc1N)c1c(Cl)ccc(F)c1Cl. The first-order valence-electron chi connectivity index (χ1n) is 8.90. The number of nitrogen functional groups attached to an aromatic ring is 1. The maximum absolute atomic E-state index is 14.7. The maximum Gasteiger partial charge on any atom is 0.166 e. The lowest BCUT2D eigenvalue weighted by Gasteiger charge is -2.19. The van der Waals surface area contributed by atoms with E-state index in [0.29, 0.717) is 10.9 Å². The summed E-state index contributed by atoms with van der Waals surface area (Å²) in [6, 6.07) is 8.47. The highest BCUT2D eigenvalue weighted by Crippen LogP contribution is 2.38. The molecule has 30 heavy (non-hydrogen) atoms. The second kappa shape index (κ2) is 8.54. The van der Waals surface area contributed by atoms with E-state index in [4.69, 9.17) is 33.7 Å². The average molecular weight is 471 g/mol. The van der Waals surface area contributed by atoms with Crippen LogP contribution in [0.5, 0.6) is 5.75 Å². The Hall–Kier alpha value is -2.14. The molecule has 0 aliphatic heterocycles. The first-order chi connectivity index (χ1) is 14.0. The summed E-state index contributed by atoms with van der Waals surface area (Å²) in [4.78, 5) is 4.07. The molecule has 0 saturated heterocycles. The van der Waals surface area contributed by atoms with Gasteiger partial charge in [-0.2, -0.15) is 0 Å². The van der Waals surface area contributed by atoms with Crippen molar-refractivity contribution in [3.63, 3.8) is 0 Å². The van der Waals surface area contributed by atoms with E-state index in [0.717, 1.165) is 6.07 Å². The van der Waals surface area contributed by atoms with Crippen molar-refractivity contribution in [2.45, 2.75) is 13.0 Å². The molecule has 0 spiro atoms. The molecule has 1 aromatic heterocycles. The van der Waals surface area contributed by atoms with Gasteiger partial charge in [0.1, 0.15) is 24.9 Å². The van der Waals surface area contributed by atoms with Gasteiger partial charge in [0.05, 0.1) is 5.02 Å². The van der Waals surface area contributed by atoms with E-state index >= 15 is 0 Å². The maximum atomic E-state index is 14.7. The van der Waals surface area contributed by atoms with E-state index in [-0.39, 0.29) is 32.7 Å². The molecule has 9 heteroatoms. The van der Waals surface area contributed by atoms with Crippen molar-refractivity contribution < 1.29 is 18.1 Å². The Balaban J connectivity index is 1.97. The van der Waals surface area contributed by atoms with E-state index in [1.165, 1.54) is 30.5 Å². The fraction of sp³-hybridized carbons (Fsp3) is 0.190. The molecule has 0 bridgehead atoms. The highest BCUT2D eigenvalue weighted by molar-refractivity contribution is 7.70. The predicted molar refractivity (Wildman–Crippen MR) is 119 cm³/mol. The number of anilines is 1. The first kappa shape index (κ1) is 22.5. The van der Waals surface area contributed by atoms with Crippen molar-refractivity contribution in [2.75, 3.05) is 19.1 Å². The molecule has 158 valence electrons. The zero-order valence-corrected chi connectivity index (χ0v) is 18.8. The molecule has 0 aliphatic rings. The van der Waals surface area contributed by atoms with E-state index in [1.807, 2.05) is 0 Å². The molecule has 1 unspecified atom stereocenters. The zero-order chi connectivity index (χ0) is 22.2. The normalized spacial score (nSPS) is 12.6. The van der Waals surface area contributed by atoms with Crippen LogP contribution in [0.4, 0.5) is 14.6 Å². The van der Waals surface area contributed by atoms with Gasteiger partial charge < -0.3 is 15.0 Å². The molecular formula is C21H19Cl2F2N2O2P. The molecule has 2 N–H and O–H groups in total.